The number of pyridine rings is 1. The van der Waals surface area contributed by atoms with Crippen LogP contribution in [0.15, 0.2) is 18.3 Å². The van der Waals surface area contributed by atoms with Crippen LogP contribution < -0.4 is 5.32 Å². The first-order chi connectivity index (χ1) is 6.68. The molecular formula is C10H16ClN3. The fourth-order valence-corrected chi connectivity index (χ4v) is 1.20. The second-order valence-electron chi connectivity index (χ2n) is 3.45. The van der Waals surface area contributed by atoms with E-state index in [9.17, 15) is 0 Å². The first-order valence-electron chi connectivity index (χ1n) is 4.68. The monoisotopic (exact) mass is 213 g/mol. The highest BCUT2D eigenvalue weighted by molar-refractivity contribution is 6.30. The van der Waals surface area contributed by atoms with E-state index in [2.05, 4.69) is 29.3 Å². The van der Waals surface area contributed by atoms with Crippen molar-refractivity contribution in [3.8, 4) is 0 Å². The van der Waals surface area contributed by atoms with E-state index in [1.165, 1.54) is 0 Å². The molecule has 0 radical (unpaired) electrons. The number of hydrogen-bond donors (Lipinski definition) is 1. The molecular weight excluding hydrogens is 198 g/mol. The fraction of sp³-hybridized carbons (Fsp3) is 0.500. The first kappa shape index (κ1) is 11.3. The van der Waals surface area contributed by atoms with Gasteiger partial charge in [0.05, 0.1) is 5.02 Å². The van der Waals surface area contributed by atoms with Crippen molar-refractivity contribution < 1.29 is 0 Å². The Morgan fingerprint density at radius 1 is 1.43 bits per heavy atom. The standard InChI is InChI=1S/C10H16ClN3/c1-14(2)7-3-6-12-10-5-4-9(11)8-13-10/h4-5,8H,3,6-7H2,1-2H3,(H,12,13). The molecule has 0 aromatic carbocycles. The topological polar surface area (TPSA) is 28.2 Å². The highest BCUT2D eigenvalue weighted by atomic mass is 35.5. The third kappa shape index (κ3) is 4.44. The van der Waals surface area contributed by atoms with E-state index in [-0.39, 0.29) is 0 Å². The van der Waals surface area contributed by atoms with Crippen LogP contribution in [0.2, 0.25) is 5.02 Å². The van der Waals surface area contributed by atoms with Crippen molar-refractivity contribution in [2.24, 2.45) is 0 Å². The highest BCUT2D eigenvalue weighted by Crippen LogP contribution is 2.09. The van der Waals surface area contributed by atoms with Crippen LogP contribution in [0, 0.1) is 0 Å². The zero-order chi connectivity index (χ0) is 10.4. The van der Waals surface area contributed by atoms with E-state index in [4.69, 9.17) is 11.6 Å². The van der Waals surface area contributed by atoms with Gasteiger partial charge in [-0.2, -0.15) is 0 Å². The molecule has 0 aliphatic carbocycles. The Morgan fingerprint density at radius 3 is 2.79 bits per heavy atom. The van der Waals surface area contributed by atoms with Crippen molar-refractivity contribution >= 4 is 17.4 Å². The number of halogens is 1. The maximum absolute atomic E-state index is 5.72. The van der Waals surface area contributed by atoms with E-state index < -0.39 is 0 Å². The largest absolute Gasteiger partial charge is 0.370 e. The third-order valence-electron chi connectivity index (χ3n) is 1.82. The van der Waals surface area contributed by atoms with Gasteiger partial charge < -0.3 is 10.2 Å². The minimum absolute atomic E-state index is 0.670. The predicted octanol–water partition coefficient (Wildman–Crippen LogP) is 2.10. The van der Waals surface area contributed by atoms with Crippen molar-refractivity contribution in [1.82, 2.24) is 9.88 Å². The minimum atomic E-state index is 0.670. The van der Waals surface area contributed by atoms with Crippen LogP contribution in [0.25, 0.3) is 0 Å². The second-order valence-corrected chi connectivity index (χ2v) is 3.88. The zero-order valence-electron chi connectivity index (χ0n) is 8.63. The van der Waals surface area contributed by atoms with Crippen molar-refractivity contribution in [1.29, 1.82) is 0 Å². The van der Waals surface area contributed by atoms with Gasteiger partial charge in [-0.1, -0.05) is 11.6 Å². The molecule has 0 aliphatic rings. The number of nitrogens with one attached hydrogen (secondary N) is 1. The molecule has 1 heterocycles. The van der Waals surface area contributed by atoms with Crippen molar-refractivity contribution in [3.63, 3.8) is 0 Å². The lowest BCUT2D eigenvalue weighted by Gasteiger charge is -2.09. The van der Waals surface area contributed by atoms with Gasteiger partial charge in [-0.3, -0.25) is 0 Å². The Labute approximate surface area is 90.1 Å². The molecule has 78 valence electrons. The molecule has 1 N–H and O–H groups in total. The van der Waals surface area contributed by atoms with Crippen LogP contribution in [0.3, 0.4) is 0 Å². The molecule has 1 aromatic rings. The summed E-state index contributed by atoms with van der Waals surface area (Å²) in [6.45, 7) is 2.02. The average Bonchev–Trinajstić information content (AvgIpc) is 2.15. The molecule has 0 atom stereocenters. The van der Waals surface area contributed by atoms with Crippen LogP contribution in [-0.4, -0.2) is 37.1 Å². The summed E-state index contributed by atoms with van der Waals surface area (Å²) in [5.41, 5.74) is 0. The maximum atomic E-state index is 5.72. The number of rotatable bonds is 5. The van der Waals surface area contributed by atoms with Crippen LogP contribution >= 0.6 is 11.6 Å². The SMILES string of the molecule is CN(C)CCCNc1ccc(Cl)cn1. The van der Waals surface area contributed by atoms with Crippen molar-refractivity contribution in [2.75, 3.05) is 32.5 Å². The molecule has 1 rings (SSSR count). The third-order valence-corrected chi connectivity index (χ3v) is 2.04. The summed E-state index contributed by atoms with van der Waals surface area (Å²) in [6, 6.07) is 3.72. The Hall–Kier alpha value is -0.800. The molecule has 14 heavy (non-hydrogen) atoms. The van der Waals surface area contributed by atoms with Crippen molar-refractivity contribution in [3.05, 3.63) is 23.4 Å². The van der Waals surface area contributed by atoms with Gasteiger partial charge in [0, 0.05) is 12.7 Å². The van der Waals surface area contributed by atoms with Gasteiger partial charge >= 0.3 is 0 Å². The number of nitrogens with zero attached hydrogens (tertiary/aromatic N) is 2. The molecule has 3 nitrogen and oxygen atoms in total. The van der Waals surface area contributed by atoms with Gasteiger partial charge in [-0.25, -0.2) is 4.98 Å². The molecule has 0 aliphatic heterocycles. The number of hydrogen-bond acceptors (Lipinski definition) is 3. The fourth-order valence-electron chi connectivity index (χ4n) is 1.09. The maximum Gasteiger partial charge on any atom is 0.125 e. The molecule has 0 amide bonds. The van der Waals surface area contributed by atoms with E-state index >= 15 is 0 Å². The minimum Gasteiger partial charge on any atom is -0.370 e. The van der Waals surface area contributed by atoms with Crippen molar-refractivity contribution in [2.45, 2.75) is 6.42 Å². The molecule has 4 heteroatoms. The van der Waals surface area contributed by atoms with Gasteiger partial charge in [0.2, 0.25) is 0 Å². The second kappa shape index (κ2) is 5.83. The van der Waals surface area contributed by atoms with Gasteiger partial charge in [-0.05, 0) is 39.2 Å². The smallest absolute Gasteiger partial charge is 0.125 e. The summed E-state index contributed by atoms with van der Waals surface area (Å²) in [6.07, 6.45) is 2.76. The lowest BCUT2D eigenvalue weighted by atomic mass is 10.4. The molecule has 0 bridgehead atoms. The summed E-state index contributed by atoms with van der Waals surface area (Å²) in [5.74, 6) is 0.883. The summed E-state index contributed by atoms with van der Waals surface area (Å²) in [5, 5.41) is 3.90. The molecule has 1 aromatic heterocycles. The normalized spacial score (nSPS) is 10.6. The first-order valence-corrected chi connectivity index (χ1v) is 5.06. The highest BCUT2D eigenvalue weighted by Gasteiger charge is 1.94. The van der Waals surface area contributed by atoms with Crippen LogP contribution in [-0.2, 0) is 0 Å². The van der Waals surface area contributed by atoms with E-state index in [0.29, 0.717) is 5.02 Å². The Kier molecular flexibility index (Phi) is 4.70. The number of aromatic nitrogens is 1. The summed E-state index contributed by atoms with van der Waals surface area (Å²) >= 11 is 5.72. The van der Waals surface area contributed by atoms with Crippen LogP contribution in [0.1, 0.15) is 6.42 Å². The Morgan fingerprint density at radius 2 is 2.21 bits per heavy atom. The van der Waals surface area contributed by atoms with E-state index in [1.54, 1.807) is 6.20 Å². The lowest BCUT2D eigenvalue weighted by Crippen LogP contribution is -2.16. The Balaban J connectivity index is 2.21. The quantitative estimate of drug-likeness (QED) is 0.760. The van der Waals surface area contributed by atoms with Gasteiger partial charge in [0.15, 0.2) is 0 Å². The molecule has 0 saturated carbocycles. The molecule has 0 spiro atoms. The van der Waals surface area contributed by atoms with E-state index in [0.717, 1.165) is 25.3 Å². The summed E-state index contributed by atoms with van der Waals surface area (Å²) in [4.78, 5) is 6.30. The summed E-state index contributed by atoms with van der Waals surface area (Å²) < 4.78 is 0. The summed E-state index contributed by atoms with van der Waals surface area (Å²) in [7, 11) is 4.14. The molecule has 0 saturated heterocycles. The van der Waals surface area contributed by atoms with E-state index in [1.807, 2.05) is 12.1 Å². The average molecular weight is 214 g/mol. The van der Waals surface area contributed by atoms with Gasteiger partial charge in [0.25, 0.3) is 0 Å². The van der Waals surface area contributed by atoms with Gasteiger partial charge in [-0.15, -0.1) is 0 Å². The molecule has 0 fully saturated rings. The van der Waals surface area contributed by atoms with Gasteiger partial charge in [0.1, 0.15) is 5.82 Å². The number of anilines is 1. The zero-order valence-corrected chi connectivity index (χ0v) is 9.38. The lowest BCUT2D eigenvalue weighted by molar-refractivity contribution is 0.405. The van der Waals surface area contributed by atoms with Crippen LogP contribution in [0.5, 0.6) is 0 Å². The Bertz CT molecular complexity index is 259. The molecule has 0 unspecified atom stereocenters. The predicted molar refractivity (Wildman–Crippen MR) is 60.9 cm³/mol. The van der Waals surface area contributed by atoms with Crippen LogP contribution in [0.4, 0.5) is 5.82 Å².